The number of aliphatic carboxylic acids is 1. The number of aryl methyl sites for hydroxylation is 1. The van der Waals surface area contributed by atoms with Crippen LogP contribution in [0.25, 0.3) is 11.5 Å². The Balaban J connectivity index is 1.87. The Bertz CT molecular complexity index is 581. The zero-order chi connectivity index (χ0) is 14.4. The largest absolute Gasteiger partial charge is 0.481 e. The zero-order valence-electron chi connectivity index (χ0n) is 11.3. The van der Waals surface area contributed by atoms with Gasteiger partial charge in [-0.15, -0.1) is 10.2 Å². The van der Waals surface area contributed by atoms with E-state index in [-0.39, 0.29) is 6.42 Å². The van der Waals surface area contributed by atoms with Crippen LogP contribution in [0.4, 0.5) is 0 Å². The number of carboxylic acid groups (broad SMARTS) is 1. The van der Waals surface area contributed by atoms with Crippen molar-refractivity contribution >= 4 is 5.97 Å². The first-order chi connectivity index (χ1) is 9.66. The average molecular weight is 275 g/mol. The van der Waals surface area contributed by atoms with Crippen molar-refractivity contribution in [3.8, 4) is 11.5 Å². The molecule has 2 aromatic rings. The molecule has 0 fully saturated rings. The van der Waals surface area contributed by atoms with E-state index in [0.29, 0.717) is 31.3 Å². The molecule has 2 N–H and O–H groups in total. The average Bonchev–Trinajstić information content (AvgIpc) is 2.87. The van der Waals surface area contributed by atoms with Gasteiger partial charge in [0, 0.05) is 12.0 Å². The van der Waals surface area contributed by atoms with Crippen LogP contribution in [0.3, 0.4) is 0 Å². The van der Waals surface area contributed by atoms with Crippen LogP contribution in [0.2, 0.25) is 0 Å². The van der Waals surface area contributed by atoms with Crippen LogP contribution in [0.5, 0.6) is 0 Å². The molecule has 0 radical (unpaired) electrons. The lowest BCUT2D eigenvalue weighted by atomic mass is 10.1. The Morgan fingerprint density at radius 1 is 1.35 bits per heavy atom. The van der Waals surface area contributed by atoms with Gasteiger partial charge in [0.15, 0.2) is 0 Å². The molecule has 0 unspecified atom stereocenters. The van der Waals surface area contributed by atoms with E-state index in [9.17, 15) is 4.79 Å². The number of benzene rings is 1. The van der Waals surface area contributed by atoms with E-state index in [4.69, 9.17) is 9.52 Å². The molecule has 1 heterocycles. The van der Waals surface area contributed by atoms with Gasteiger partial charge in [-0.3, -0.25) is 4.79 Å². The number of hydrogen-bond acceptors (Lipinski definition) is 5. The Morgan fingerprint density at radius 2 is 2.15 bits per heavy atom. The Kier molecular flexibility index (Phi) is 4.84. The first-order valence-electron chi connectivity index (χ1n) is 6.47. The minimum absolute atomic E-state index is 0.158. The molecule has 2 rings (SSSR count). The summed E-state index contributed by atoms with van der Waals surface area (Å²) in [5.74, 6) is 0.218. The van der Waals surface area contributed by atoms with Crippen molar-refractivity contribution in [2.24, 2.45) is 0 Å². The van der Waals surface area contributed by atoms with Crippen molar-refractivity contribution in [2.45, 2.75) is 26.3 Å². The van der Waals surface area contributed by atoms with Gasteiger partial charge in [0.25, 0.3) is 0 Å². The van der Waals surface area contributed by atoms with E-state index < -0.39 is 5.97 Å². The van der Waals surface area contributed by atoms with Crippen molar-refractivity contribution in [3.05, 3.63) is 35.7 Å². The van der Waals surface area contributed by atoms with Gasteiger partial charge < -0.3 is 14.8 Å². The van der Waals surface area contributed by atoms with Gasteiger partial charge in [-0.05, 0) is 31.5 Å². The van der Waals surface area contributed by atoms with Crippen molar-refractivity contribution in [1.29, 1.82) is 0 Å². The summed E-state index contributed by atoms with van der Waals surface area (Å²) >= 11 is 0. The van der Waals surface area contributed by atoms with Crippen LogP contribution in [-0.2, 0) is 11.3 Å². The van der Waals surface area contributed by atoms with Crippen LogP contribution < -0.4 is 5.32 Å². The van der Waals surface area contributed by atoms with Crippen molar-refractivity contribution in [2.75, 3.05) is 6.54 Å². The van der Waals surface area contributed by atoms with E-state index in [0.717, 1.165) is 11.1 Å². The fourth-order valence-corrected chi connectivity index (χ4v) is 1.81. The third-order valence-corrected chi connectivity index (χ3v) is 2.86. The number of hydrogen-bond donors (Lipinski definition) is 2. The minimum atomic E-state index is -0.786. The topological polar surface area (TPSA) is 88.2 Å². The Morgan fingerprint density at radius 3 is 2.90 bits per heavy atom. The summed E-state index contributed by atoms with van der Waals surface area (Å²) in [6.07, 6.45) is 0.736. The third kappa shape index (κ3) is 3.89. The summed E-state index contributed by atoms with van der Waals surface area (Å²) in [6, 6.07) is 7.81. The summed E-state index contributed by atoms with van der Waals surface area (Å²) < 4.78 is 5.58. The maximum Gasteiger partial charge on any atom is 0.303 e. The Labute approximate surface area is 116 Å². The van der Waals surface area contributed by atoms with Gasteiger partial charge in [0.2, 0.25) is 11.8 Å². The third-order valence-electron chi connectivity index (χ3n) is 2.86. The molecule has 0 amide bonds. The van der Waals surface area contributed by atoms with Gasteiger partial charge in [-0.2, -0.15) is 0 Å². The number of carboxylic acids is 1. The van der Waals surface area contributed by atoms with Crippen molar-refractivity contribution < 1.29 is 14.3 Å². The van der Waals surface area contributed by atoms with Crippen LogP contribution in [0.15, 0.2) is 28.7 Å². The lowest BCUT2D eigenvalue weighted by Gasteiger charge is -2.00. The van der Waals surface area contributed by atoms with Gasteiger partial charge in [-0.25, -0.2) is 0 Å². The highest BCUT2D eigenvalue weighted by Gasteiger charge is 2.09. The van der Waals surface area contributed by atoms with E-state index >= 15 is 0 Å². The maximum atomic E-state index is 10.4. The second kappa shape index (κ2) is 6.81. The maximum absolute atomic E-state index is 10.4. The lowest BCUT2D eigenvalue weighted by Crippen LogP contribution is -2.15. The van der Waals surface area contributed by atoms with Crippen LogP contribution in [-0.4, -0.2) is 27.8 Å². The fourth-order valence-electron chi connectivity index (χ4n) is 1.81. The van der Waals surface area contributed by atoms with Gasteiger partial charge in [0.1, 0.15) is 0 Å². The SMILES string of the molecule is Cc1ccccc1-c1nnc(CNCCCC(=O)O)o1. The summed E-state index contributed by atoms with van der Waals surface area (Å²) in [6.45, 7) is 3.04. The summed E-state index contributed by atoms with van der Waals surface area (Å²) in [7, 11) is 0. The highest BCUT2D eigenvalue weighted by molar-refractivity contribution is 5.66. The molecule has 6 nitrogen and oxygen atoms in total. The molecule has 0 spiro atoms. The zero-order valence-corrected chi connectivity index (χ0v) is 11.3. The number of carbonyl (C=O) groups is 1. The quantitative estimate of drug-likeness (QED) is 0.751. The van der Waals surface area contributed by atoms with Gasteiger partial charge in [-0.1, -0.05) is 18.2 Å². The smallest absolute Gasteiger partial charge is 0.303 e. The molecule has 0 aliphatic carbocycles. The second-order valence-corrected chi connectivity index (χ2v) is 4.49. The molecule has 106 valence electrons. The summed E-state index contributed by atoms with van der Waals surface area (Å²) in [4.78, 5) is 10.4. The first-order valence-corrected chi connectivity index (χ1v) is 6.47. The highest BCUT2D eigenvalue weighted by Crippen LogP contribution is 2.21. The predicted molar refractivity (Wildman–Crippen MR) is 73.0 cm³/mol. The molecule has 0 bridgehead atoms. The van der Waals surface area contributed by atoms with Gasteiger partial charge in [0.05, 0.1) is 6.54 Å². The van der Waals surface area contributed by atoms with E-state index in [2.05, 4.69) is 15.5 Å². The lowest BCUT2D eigenvalue weighted by molar-refractivity contribution is -0.137. The molecule has 0 saturated carbocycles. The molecule has 0 aliphatic heterocycles. The molecular weight excluding hydrogens is 258 g/mol. The minimum Gasteiger partial charge on any atom is -0.481 e. The molecule has 6 heteroatoms. The number of rotatable bonds is 7. The van der Waals surface area contributed by atoms with Crippen molar-refractivity contribution in [3.63, 3.8) is 0 Å². The van der Waals surface area contributed by atoms with Gasteiger partial charge >= 0.3 is 5.97 Å². The molecule has 20 heavy (non-hydrogen) atoms. The van der Waals surface area contributed by atoms with E-state index in [1.165, 1.54) is 0 Å². The standard InChI is InChI=1S/C14H17N3O3/c1-10-5-2-3-6-11(10)14-17-16-12(20-14)9-15-8-4-7-13(18)19/h2-3,5-6,15H,4,7-9H2,1H3,(H,18,19). The fraction of sp³-hybridized carbons (Fsp3) is 0.357. The molecule has 0 atom stereocenters. The van der Waals surface area contributed by atoms with Crippen LogP contribution >= 0.6 is 0 Å². The van der Waals surface area contributed by atoms with E-state index in [1.807, 2.05) is 31.2 Å². The summed E-state index contributed by atoms with van der Waals surface area (Å²) in [5.41, 5.74) is 2.01. The summed E-state index contributed by atoms with van der Waals surface area (Å²) in [5, 5.41) is 19.6. The Hall–Kier alpha value is -2.21. The predicted octanol–water partition coefficient (Wildman–Crippen LogP) is 2.00. The number of aromatic nitrogens is 2. The molecule has 0 aliphatic rings. The monoisotopic (exact) mass is 275 g/mol. The first kappa shape index (κ1) is 14.2. The number of nitrogens with one attached hydrogen (secondary N) is 1. The van der Waals surface area contributed by atoms with Crippen LogP contribution in [0.1, 0.15) is 24.3 Å². The van der Waals surface area contributed by atoms with Crippen LogP contribution in [0, 0.1) is 6.92 Å². The molecule has 1 aromatic heterocycles. The number of nitrogens with zero attached hydrogens (tertiary/aromatic N) is 2. The molecular formula is C14H17N3O3. The molecule has 0 saturated heterocycles. The normalized spacial score (nSPS) is 10.7. The highest BCUT2D eigenvalue weighted by atomic mass is 16.4. The van der Waals surface area contributed by atoms with Crippen molar-refractivity contribution in [1.82, 2.24) is 15.5 Å². The van der Waals surface area contributed by atoms with E-state index in [1.54, 1.807) is 0 Å². The molecule has 1 aromatic carbocycles. The second-order valence-electron chi connectivity index (χ2n) is 4.49.